The molecule has 0 unspecified atom stereocenters. The van der Waals surface area contributed by atoms with Gasteiger partial charge in [-0.05, 0) is 35.9 Å². The van der Waals surface area contributed by atoms with Crippen LogP contribution in [0.1, 0.15) is 25.0 Å². The average molecular weight is 593 g/mol. The molecule has 3 heterocycles. The van der Waals surface area contributed by atoms with Crippen molar-refractivity contribution in [1.29, 1.82) is 0 Å². The van der Waals surface area contributed by atoms with E-state index in [9.17, 15) is 0 Å². The van der Waals surface area contributed by atoms with E-state index in [4.69, 9.17) is 19.9 Å². The molecule has 0 bridgehead atoms. The summed E-state index contributed by atoms with van der Waals surface area (Å²) in [7, 11) is 0. The first-order valence-corrected chi connectivity index (χ1v) is 15.4. The van der Waals surface area contributed by atoms with Gasteiger partial charge in [-0.15, -0.1) is 0 Å². The van der Waals surface area contributed by atoms with Gasteiger partial charge in [0.25, 0.3) is 0 Å². The third-order valence-electron chi connectivity index (χ3n) is 9.19. The lowest BCUT2D eigenvalue weighted by Crippen LogP contribution is -2.17. The fraction of sp³-hybridized carbons (Fsp3) is 0.0750. The van der Waals surface area contributed by atoms with Gasteiger partial charge < -0.3 is 4.57 Å². The molecule has 0 amide bonds. The monoisotopic (exact) mass is 592 g/mol. The number of benzene rings is 5. The summed E-state index contributed by atoms with van der Waals surface area (Å²) in [4.78, 5) is 23.8. The van der Waals surface area contributed by atoms with Crippen LogP contribution in [0, 0.1) is 0 Å². The van der Waals surface area contributed by atoms with Crippen molar-refractivity contribution in [2.45, 2.75) is 19.3 Å². The first-order chi connectivity index (χ1) is 22.6. The largest absolute Gasteiger partial charge is 0.309 e. The third kappa shape index (κ3) is 3.93. The molecule has 8 aromatic rings. The topological polar surface area (TPSA) is 69.4 Å². The van der Waals surface area contributed by atoms with Gasteiger partial charge in [-0.1, -0.05) is 105 Å². The van der Waals surface area contributed by atoms with E-state index in [1.165, 1.54) is 27.4 Å². The third-order valence-corrected chi connectivity index (χ3v) is 9.19. The van der Waals surface area contributed by atoms with Gasteiger partial charge in [-0.3, -0.25) is 0 Å². The highest BCUT2D eigenvalue weighted by Gasteiger charge is 2.39. The lowest BCUT2D eigenvalue weighted by molar-refractivity contribution is 0.658. The van der Waals surface area contributed by atoms with E-state index < -0.39 is 0 Å². The normalized spacial score (nSPS) is 13.2. The van der Waals surface area contributed by atoms with E-state index in [0.29, 0.717) is 17.5 Å². The van der Waals surface area contributed by atoms with Crippen LogP contribution in [0.4, 0.5) is 0 Å². The predicted molar refractivity (Wildman–Crippen MR) is 184 cm³/mol. The van der Waals surface area contributed by atoms with E-state index in [2.05, 4.69) is 84.1 Å². The van der Waals surface area contributed by atoms with Crippen LogP contribution in [0.5, 0.6) is 0 Å². The second-order valence-electron chi connectivity index (χ2n) is 12.2. The van der Waals surface area contributed by atoms with Crippen molar-refractivity contribution in [3.8, 4) is 51.1 Å². The number of hydrogen-bond acceptors (Lipinski definition) is 5. The molecule has 0 spiro atoms. The molecule has 0 radical (unpaired) electrons. The lowest BCUT2D eigenvalue weighted by Gasteiger charge is -2.23. The number of para-hydroxylation sites is 1. The Hall–Kier alpha value is -6.01. The second-order valence-corrected chi connectivity index (χ2v) is 12.2. The van der Waals surface area contributed by atoms with Crippen LogP contribution in [0.15, 0.2) is 134 Å². The first kappa shape index (κ1) is 26.4. The van der Waals surface area contributed by atoms with Crippen LogP contribution >= 0.6 is 0 Å². The summed E-state index contributed by atoms with van der Waals surface area (Å²) in [6, 6.07) is 41.8. The van der Waals surface area contributed by atoms with Crippen molar-refractivity contribution in [3.63, 3.8) is 0 Å². The molecule has 6 heteroatoms. The lowest BCUT2D eigenvalue weighted by atomic mass is 9.82. The molecule has 0 N–H and O–H groups in total. The molecule has 0 atom stereocenters. The molecule has 46 heavy (non-hydrogen) atoms. The fourth-order valence-electron chi connectivity index (χ4n) is 6.99. The highest BCUT2D eigenvalue weighted by molar-refractivity contribution is 6.12. The highest BCUT2D eigenvalue weighted by atomic mass is 15.0. The molecule has 1 aliphatic rings. The maximum Gasteiger partial charge on any atom is 0.164 e. The standard InChI is InChI=1S/C40H28N6/c1-40(2)32-23-41-24-42-35(32)31-22-21-30-29-15-9-10-16-33(29)46(36(30)34(31)40)28-19-17-27(18-20-28)39-44-37(25-11-5-3-6-12-25)43-38(45-39)26-13-7-4-8-14-26/h3-24H,1-2H3. The summed E-state index contributed by atoms with van der Waals surface area (Å²) in [5.41, 5.74) is 10.6. The van der Waals surface area contributed by atoms with Gasteiger partial charge in [0.05, 0.1) is 16.7 Å². The van der Waals surface area contributed by atoms with E-state index in [-0.39, 0.29) is 5.41 Å². The van der Waals surface area contributed by atoms with E-state index in [1.807, 2.05) is 66.9 Å². The summed E-state index contributed by atoms with van der Waals surface area (Å²) in [5, 5.41) is 2.45. The average Bonchev–Trinajstić information content (AvgIpc) is 3.57. The van der Waals surface area contributed by atoms with Crippen molar-refractivity contribution in [3.05, 3.63) is 145 Å². The minimum absolute atomic E-state index is 0.260. The quantitative estimate of drug-likeness (QED) is 0.204. The van der Waals surface area contributed by atoms with Crippen molar-refractivity contribution in [1.82, 2.24) is 29.5 Å². The molecule has 0 saturated heterocycles. The van der Waals surface area contributed by atoms with E-state index in [0.717, 1.165) is 39.2 Å². The van der Waals surface area contributed by atoms with Gasteiger partial charge in [0.1, 0.15) is 6.33 Å². The Morgan fingerprint density at radius 1 is 0.565 bits per heavy atom. The molecule has 5 aromatic carbocycles. The van der Waals surface area contributed by atoms with Crippen LogP contribution in [-0.4, -0.2) is 29.5 Å². The van der Waals surface area contributed by atoms with E-state index in [1.54, 1.807) is 6.33 Å². The zero-order valence-electron chi connectivity index (χ0n) is 25.4. The fourth-order valence-corrected chi connectivity index (χ4v) is 6.99. The molecule has 0 saturated carbocycles. The van der Waals surface area contributed by atoms with Crippen LogP contribution < -0.4 is 0 Å². The number of nitrogens with zero attached hydrogens (tertiary/aromatic N) is 6. The molecular weight excluding hydrogens is 564 g/mol. The molecule has 0 aliphatic heterocycles. The number of hydrogen-bond donors (Lipinski definition) is 0. The molecule has 9 rings (SSSR count). The van der Waals surface area contributed by atoms with Crippen molar-refractivity contribution >= 4 is 21.8 Å². The van der Waals surface area contributed by atoms with Crippen LogP contribution in [0.2, 0.25) is 0 Å². The molecular formula is C40H28N6. The smallest absolute Gasteiger partial charge is 0.164 e. The van der Waals surface area contributed by atoms with Gasteiger partial charge in [-0.25, -0.2) is 24.9 Å². The Morgan fingerprint density at radius 2 is 1.15 bits per heavy atom. The SMILES string of the molecule is CC1(C)c2cncnc2-c2ccc3c4ccccc4n(-c4ccc(-c5nc(-c6ccccc6)nc(-c6ccccc6)n5)cc4)c3c21. The summed E-state index contributed by atoms with van der Waals surface area (Å²) in [5.74, 6) is 1.94. The van der Waals surface area contributed by atoms with Gasteiger partial charge in [0.2, 0.25) is 0 Å². The summed E-state index contributed by atoms with van der Waals surface area (Å²) < 4.78 is 2.40. The van der Waals surface area contributed by atoms with Crippen molar-refractivity contribution in [2.75, 3.05) is 0 Å². The number of fused-ring (bicyclic) bond motifs is 7. The summed E-state index contributed by atoms with van der Waals surface area (Å²) >= 11 is 0. The van der Waals surface area contributed by atoms with Crippen LogP contribution in [0.3, 0.4) is 0 Å². The highest BCUT2D eigenvalue weighted by Crippen LogP contribution is 2.51. The zero-order valence-corrected chi connectivity index (χ0v) is 25.4. The molecule has 6 nitrogen and oxygen atoms in total. The Labute approximate surface area is 266 Å². The van der Waals surface area contributed by atoms with Gasteiger partial charge in [-0.2, -0.15) is 0 Å². The summed E-state index contributed by atoms with van der Waals surface area (Å²) in [6.07, 6.45) is 3.62. The van der Waals surface area contributed by atoms with Gasteiger partial charge >= 0.3 is 0 Å². The number of rotatable bonds is 4. The second kappa shape index (κ2) is 10.0. The minimum Gasteiger partial charge on any atom is -0.309 e. The Kier molecular flexibility index (Phi) is 5.74. The molecule has 218 valence electrons. The van der Waals surface area contributed by atoms with Crippen LogP contribution in [0.25, 0.3) is 72.9 Å². The Bertz CT molecular complexity index is 2370. The van der Waals surface area contributed by atoms with Crippen molar-refractivity contribution < 1.29 is 0 Å². The molecule has 1 aliphatic carbocycles. The maximum atomic E-state index is 4.94. The van der Waals surface area contributed by atoms with Gasteiger partial charge in [0, 0.05) is 55.9 Å². The minimum atomic E-state index is -0.260. The Morgan fingerprint density at radius 3 is 1.80 bits per heavy atom. The number of aromatic nitrogens is 6. The predicted octanol–water partition coefficient (Wildman–Crippen LogP) is 9.07. The molecule has 3 aromatic heterocycles. The first-order valence-electron chi connectivity index (χ1n) is 15.4. The molecule has 0 fully saturated rings. The van der Waals surface area contributed by atoms with Gasteiger partial charge in [0.15, 0.2) is 17.5 Å². The van der Waals surface area contributed by atoms with E-state index >= 15 is 0 Å². The zero-order chi connectivity index (χ0) is 30.8. The Balaban J connectivity index is 1.23. The van der Waals surface area contributed by atoms with Crippen LogP contribution in [-0.2, 0) is 5.41 Å². The summed E-state index contributed by atoms with van der Waals surface area (Å²) in [6.45, 7) is 4.56. The maximum absolute atomic E-state index is 4.94. The van der Waals surface area contributed by atoms with Crippen molar-refractivity contribution in [2.24, 2.45) is 0 Å².